The molecule has 7 heteroatoms. The van der Waals surface area contributed by atoms with Crippen LogP contribution < -0.4 is 11.1 Å². The number of benzene rings is 2. The number of rotatable bonds is 2. The van der Waals surface area contributed by atoms with Gasteiger partial charge in [0.1, 0.15) is 5.82 Å². The van der Waals surface area contributed by atoms with E-state index in [0.717, 1.165) is 10.5 Å². The van der Waals surface area contributed by atoms with Crippen molar-refractivity contribution in [1.82, 2.24) is 0 Å². The molecular formula is C13H8Br3FN2O. The molecule has 0 saturated carbocycles. The molecule has 0 aromatic heterocycles. The molecule has 104 valence electrons. The van der Waals surface area contributed by atoms with E-state index in [9.17, 15) is 9.18 Å². The number of nitrogens with one attached hydrogen (secondary N) is 1. The van der Waals surface area contributed by atoms with Gasteiger partial charge in [-0.2, -0.15) is 0 Å². The lowest BCUT2D eigenvalue weighted by Gasteiger charge is -2.11. The maximum absolute atomic E-state index is 13.4. The predicted molar refractivity (Wildman–Crippen MR) is 88.3 cm³/mol. The normalized spacial score (nSPS) is 10.4. The standard InChI is InChI=1S/C13H8Br3FN2O/c14-7-4-9(16)12(11(18)5-7)19-13(20)6-1-2-8(15)10(17)3-6/h1-5H,18H2,(H,19,20). The highest BCUT2D eigenvalue weighted by Crippen LogP contribution is 2.33. The van der Waals surface area contributed by atoms with Gasteiger partial charge in [0.25, 0.3) is 5.91 Å². The van der Waals surface area contributed by atoms with Crippen LogP contribution in [0.15, 0.2) is 43.7 Å². The van der Waals surface area contributed by atoms with Gasteiger partial charge in [0, 0.05) is 14.5 Å². The van der Waals surface area contributed by atoms with Crippen molar-refractivity contribution in [2.75, 3.05) is 11.1 Å². The predicted octanol–water partition coefficient (Wildman–Crippen LogP) is 4.95. The van der Waals surface area contributed by atoms with Crippen LogP contribution in [0.1, 0.15) is 10.4 Å². The molecule has 0 fully saturated rings. The van der Waals surface area contributed by atoms with E-state index in [1.165, 1.54) is 12.1 Å². The van der Waals surface area contributed by atoms with Crippen LogP contribution in [-0.2, 0) is 0 Å². The van der Waals surface area contributed by atoms with Crippen LogP contribution in [0.3, 0.4) is 0 Å². The molecule has 20 heavy (non-hydrogen) atoms. The molecule has 0 aliphatic heterocycles. The summed E-state index contributed by atoms with van der Waals surface area (Å²) in [7, 11) is 0. The molecule has 0 spiro atoms. The topological polar surface area (TPSA) is 55.1 Å². The van der Waals surface area contributed by atoms with Crippen molar-refractivity contribution in [3.05, 3.63) is 55.1 Å². The number of hydrogen-bond donors (Lipinski definition) is 2. The second-order valence-electron chi connectivity index (χ2n) is 3.93. The number of anilines is 2. The minimum atomic E-state index is -0.500. The highest BCUT2D eigenvalue weighted by molar-refractivity contribution is 9.11. The van der Waals surface area contributed by atoms with Crippen LogP contribution >= 0.6 is 47.8 Å². The molecule has 0 saturated heterocycles. The smallest absolute Gasteiger partial charge is 0.255 e. The SMILES string of the molecule is Nc1cc(Br)cc(Br)c1NC(=O)c1ccc(Br)c(F)c1. The first-order chi connectivity index (χ1) is 9.38. The number of nitrogen functional groups attached to an aromatic ring is 1. The minimum Gasteiger partial charge on any atom is -0.397 e. The third-order valence-corrected chi connectivity index (χ3v) is 4.23. The summed E-state index contributed by atoms with van der Waals surface area (Å²) in [6.45, 7) is 0. The third-order valence-electron chi connectivity index (χ3n) is 2.51. The maximum Gasteiger partial charge on any atom is 0.255 e. The van der Waals surface area contributed by atoms with E-state index in [4.69, 9.17) is 5.73 Å². The van der Waals surface area contributed by atoms with Crippen molar-refractivity contribution in [2.45, 2.75) is 0 Å². The largest absolute Gasteiger partial charge is 0.397 e. The highest BCUT2D eigenvalue weighted by atomic mass is 79.9. The fourth-order valence-corrected chi connectivity index (χ4v) is 3.15. The Morgan fingerprint density at radius 2 is 1.80 bits per heavy atom. The van der Waals surface area contributed by atoms with Crippen molar-refractivity contribution in [3.63, 3.8) is 0 Å². The Morgan fingerprint density at radius 1 is 1.10 bits per heavy atom. The van der Waals surface area contributed by atoms with E-state index in [1.54, 1.807) is 12.1 Å². The summed E-state index contributed by atoms with van der Waals surface area (Å²) in [6, 6.07) is 7.58. The van der Waals surface area contributed by atoms with Gasteiger partial charge in [-0.15, -0.1) is 0 Å². The zero-order valence-electron chi connectivity index (χ0n) is 9.88. The average molecular weight is 467 g/mol. The molecule has 2 aromatic carbocycles. The fourth-order valence-electron chi connectivity index (χ4n) is 1.55. The quantitative estimate of drug-likeness (QED) is 0.615. The molecule has 3 N–H and O–H groups in total. The van der Waals surface area contributed by atoms with E-state index >= 15 is 0 Å². The first-order valence-electron chi connectivity index (χ1n) is 5.39. The summed E-state index contributed by atoms with van der Waals surface area (Å²) in [5.41, 5.74) is 6.90. The molecule has 2 rings (SSSR count). The van der Waals surface area contributed by atoms with E-state index in [1.807, 2.05) is 0 Å². The molecule has 3 nitrogen and oxygen atoms in total. The van der Waals surface area contributed by atoms with Crippen LogP contribution in [0.25, 0.3) is 0 Å². The van der Waals surface area contributed by atoms with Gasteiger partial charge >= 0.3 is 0 Å². The number of nitrogens with two attached hydrogens (primary N) is 1. The Labute approximate surface area is 140 Å². The van der Waals surface area contributed by atoms with Crippen LogP contribution in [0, 0.1) is 5.82 Å². The van der Waals surface area contributed by atoms with Crippen molar-refractivity contribution < 1.29 is 9.18 Å². The zero-order valence-corrected chi connectivity index (χ0v) is 14.6. The molecule has 0 atom stereocenters. The number of hydrogen-bond acceptors (Lipinski definition) is 2. The first kappa shape index (κ1) is 15.5. The Morgan fingerprint density at radius 3 is 2.40 bits per heavy atom. The van der Waals surface area contributed by atoms with Gasteiger partial charge in [0.05, 0.1) is 15.8 Å². The van der Waals surface area contributed by atoms with Crippen LogP contribution in [0.4, 0.5) is 15.8 Å². The first-order valence-corrected chi connectivity index (χ1v) is 7.77. The van der Waals surface area contributed by atoms with E-state index in [-0.39, 0.29) is 5.56 Å². The summed E-state index contributed by atoms with van der Waals surface area (Å²) in [5, 5.41) is 2.66. The number of halogens is 4. The Balaban J connectivity index is 2.30. The Hall–Kier alpha value is -0.920. The van der Waals surface area contributed by atoms with Gasteiger partial charge in [-0.25, -0.2) is 4.39 Å². The summed E-state index contributed by atoms with van der Waals surface area (Å²) in [6.07, 6.45) is 0. The summed E-state index contributed by atoms with van der Waals surface area (Å²) in [5.74, 6) is -0.938. The average Bonchev–Trinajstić information content (AvgIpc) is 2.36. The summed E-state index contributed by atoms with van der Waals surface area (Å²) >= 11 is 9.65. The Kier molecular flexibility index (Phi) is 4.82. The zero-order chi connectivity index (χ0) is 14.9. The van der Waals surface area contributed by atoms with E-state index in [2.05, 4.69) is 53.1 Å². The van der Waals surface area contributed by atoms with Crippen LogP contribution in [0.5, 0.6) is 0 Å². The molecule has 0 aliphatic carbocycles. The number of amides is 1. The molecule has 0 bridgehead atoms. The van der Waals surface area contributed by atoms with Gasteiger partial charge < -0.3 is 11.1 Å². The summed E-state index contributed by atoms with van der Waals surface area (Å²) in [4.78, 5) is 12.1. The molecular weight excluding hydrogens is 459 g/mol. The van der Waals surface area contributed by atoms with E-state index < -0.39 is 11.7 Å². The second kappa shape index (κ2) is 6.24. The van der Waals surface area contributed by atoms with Gasteiger partial charge in [-0.05, 0) is 62.2 Å². The lowest BCUT2D eigenvalue weighted by molar-refractivity contribution is 0.102. The fraction of sp³-hybridized carbons (Fsp3) is 0. The lowest BCUT2D eigenvalue weighted by atomic mass is 10.2. The van der Waals surface area contributed by atoms with Gasteiger partial charge in [0.2, 0.25) is 0 Å². The van der Waals surface area contributed by atoms with E-state index in [0.29, 0.717) is 20.3 Å². The molecule has 0 radical (unpaired) electrons. The maximum atomic E-state index is 13.4. The second-order valence-corrected chi connectivity index (χ2v) is 6.56. The van der Waals surface area contributed by atoms with Crippen LogP contribution in [-0.4, -0.2) is 5.91 Å². The van der Waals surface area contributed by atoms with Crippen molar-refractivity contribution in [3.8, 4) is 0 Å². The third kappa shape index (κ3) is 3.39. The highest BCUT2D eigenvalue weighted by Gasteiger charge is 2.13. The molecule has 1 amide bonds. The van der Waals surface area contributed by atoms with Crippen molar-refractivity contribution >= 4 is 65.1 Å². The Bertz CT molecular complexity index is 668. The minimum absolute atomic E-state index is 0.208. The van der Waals surface area contributed by atoms with Gasteiger partial charge in [0.15, 0.2) is 0 Å². The molecule has 0 heterocycles. The van der Waals surface area contributed by atoms with Gasteiger partial charge in [-0.1, -0.05) is 15.9 Å². The number of carbonyl (C=O) groups excluding carboxylic acids is 1. The number of carbonyl (C=O) groups is 1. The monoisotopic (exact) mass is 464 g/mol. The molecule has 0 aliphatic rings. The van der Waals surface area contributed by atoms with Crippen molar-refractivity contribution in [1.29, 1.82) is 0 Å². The summed E-state index contributed by atoms with van der Waals surface area (Å²) < 4.78 is 15.1. The lowest BCUT2D eigenvalue weighted by Crippen LogP contribution is -2.14. The molecule has 0 unspecified atom stereocenters. The van der Waals surface area contributed by atoms with Crippen LogP contribution in [0.2, 0.25) is 0 Å². The van der Waals surface area contributed by atoms with Crippen molar-refractivity contribution in [2.24, 2.45) is 0 Å². The van der Waals surface area contributed by atoms with Gasteiger partial charge in [-0.3, -0.25) is 4.79 Å². The molecule has 2 aromatic rings.